The lowest BCUT2D eigenvalue weighted by Gasteiger charge is -2.31. The first-order chi connectivity index (χ1) is 15.6. The molecule has 3 rings (SSSR count). The van der Waals surface area contributed by atoms with Gasteiger partial charge in [0.2, 0.25) is 5.91 Å². The Kier molecular flexibility index (Phi) is 9.22. The molecule has 1 N–H and O–H groups in total. The number of ether oxygens (including phenoxy) is 1. The first-order valence-corrected chi connectivity index (χ1v) is 11.7. The third kappa shape index (κ3) is 6.63. The number of pyridine rings is 1. The van der Waals surface area contributed by atoms with Crippen LogP contribution in [0, 0.1) is 0 Å². The lowest BCUT2D eigenvalue weighted by Crippen LogP contribution is -2.44. The largest absolute Gasteiger partial charge is 0.382 e. The molecule has 6 nitrogen and oxygen atoms in total. The summed E-state index contributed by atoms with van der Waals surface area (Å²) in [6, 6.07) is 15.2. The molecule has 32 heavy (non-hydrogen) atoms. The number of benzene rings is 1. The fraction of sp³-hybridized carbons (Fsp3) is 0.292. The van der Waals surface area contributed by atoms with Gasteiger partial charge in [0.25, 0.3) is 5.91 Å². The first kappa shape index (κ1) is 23.9. The molecule has 2 heterocycles. The highest BCUT2D eigenvalue weighted by Gasteiger charge is 2.32. The molecule has 2 aromatic heterocycles. The maximum Gasteiger partial charge on any atom is 0.273 e. The van der Waals surface area contributed by atoms with Crippen molar-refractivity contribution in [2.75, 3.05) is 19.8 Å². The van der Waals surface area contributed by atoms with Crippen molar-refractivity contribution in [1.29, 1.82) is 0 Å². The first-order valence-electron chi connectivity index (χ1n) is 10.5. The lowest BCUT2D eigenvalue weighted by molar-refractivity contribution is -0.126. The van der Waals surface area contributed by atoms with Crippen LogP contribution in [0.3, 0.4) is 0 Å². The van der Waals surface area contributed by atoms with E-state index in [0.29, 0.717) is 36.8 Å². The second kappa shape index (κ2) is 12.3. The molecular weight excluding hydrogens is 446 g/mol. The van der Waals surface area contributed by atoms with Gasteiger partial charge in [-0.15, -0.1) is 11.3 Å². The minimum atomic E-state index is -0.837. The predicted molar refractivity (Wildman–Crippen MR) is 127 cm³/mol. The molecule has 0 spiro atoms. The highest BCUT2D eigenvalue weighted by molar-refractivity contribution is 7.09. The number of aromatic nitrogens is 1. The Hall–Kier alpha value is -2.74. The zero-order valence-electron chi connectivity index (χ0n) is 17.9. The average molecular weight is 472 g/mol. The average Bonchev–Trinajstić information content (AvgIpc) is 3.33. The van der Waals surface area contributed by atoms with Gasteiger partial charge in [0.1, 0.15) is 11.7 Å². The number of carbonyl (C=O) groups is 2. The number of nitrogens with one attached hydrogen (secondary N) is 1. The number of hydrogen-bond acceptors (Lipinski definition) is 5. The molecule has 0 saturated carbocycles. The number of amides is 2. The molecule has 168 valence electrons. The van der Waals surface area contributed by atoms with Crippen LogP contribution in [0.1, 0.15) is 40.3 Å². The third-order valence-corrected chi connectivity index (χ3v) is 5.88. The topological polar surface area (TPSA) is 71.5 Å². The maximum absolute atomic E-state index is 13.5. The van der Waals surface area contributed by atoms with Crippen molar-refractivity contribution >= 4 is 34.8 Å². The molecule has 1 aromatic carbocycles. The normalized spacial score (nSPS) is 11.7. The van der Waals surface area contributed by atoms with Crippen LogP contribution in [0.2, 0.25) is 5.02 Å². The van der Waals surface area contributed by atoms with E-state index in [1.54, 1.807) is 53.6 Å². The molecule has 2 amide bonds. The Bertz CT molecular complexity index is 981. The molecule has 0 saturated heterocycles. The Morgan fingerprint density at radius 2 is 1.97 bits per heavy atom. The van der Waals surface area contributed by atoms with Gasteiger partial charge in [-0.3, -0.25) is 14.6 Å². The van der Waals surface area contributed by atoms with Crippen molar-refractivity contribution in [1.82, 2.24) is 15.2 Å². The zero-order valence-corrected chi connectivity index (χ0v) is 19.4. The highest BCUT2D eigenvalue weighted by Crippen LogP contribution is 2.27. The summed E-state index contributed by atoms with van der Waals surface area (Å²) < 4.78 is 5.35. The van der Waals surface area contributed by atoms with E-state index in [4.69, 9.17) is 16.3 Å². The van der Waals surface area contributed by atoms with E-state index in [1.165, 1.54) is 11.3 Å². The van der Waals surface area contributed by atoms with Crippen molar-refractivity contribution in [3.8, 4) is 0 Å². The van der Waals surface area contributed by atoms with Crippen molar-refractivity contribution in [3.05, 3.63) is 87.3 Å². The molecule has 1 atom stereocenters. The van der Waals surface area contributed by atoms with E-state index >= 15 is 0 Å². The van der Waals surface area contributed by atoms with E-state index in [-0.39, 0.29) is 24.1 Å². The molecule has 0 radical (unpaired) electrons. The molecule has 0 bridgehead atoms. The van der Waals surface area contributed by atoms with E-state index in [1.807, 2.05) is 24.4 Å². The van der Waals surface area contributed by atoms with Gasteiger partial charge in [0, 0.05) is 35.9 Å². The van der Waals surface area contributed by atoms with E-state index in [2.05, 4.69) is 10.3 Å². The second-order valence-electron chi connectivity index (χ2n) is 7.02. The summed E-state index contributed by atoms with van der Waals surface area (Å²) in [5, 5.41) is 5.47. The molecule has 0 aliphatic heterocycles. The van der Waals surface area contributed by atoms with Gasteiger partial charge in [-0.2, -0.15) is 0 Å². The quantitative estimate of drug-likeness (QED) is 0.410. The second-order valence-corrected chi connectivity index (χ2v) is 8.49. The minimum absolute atomic E-state index is 0.260. The van der Waals surface area contributed by atoms with Crippen molar-refractivity contribution in [2.45, 2.75) is 25.9 Å². The van der Waals surface area contributed by atoms with E-state index in [0.717, 1.165) is 4.88 Å². The summed E-state index contributed by atoms with van der Waals surface area (Å²) in [5.74, 6) is -0.576. The standard InChI is InChI=1S/C24H26ClN3O3S/c1-2-31-15-6-14-27-23(29)22(18-9-11-19(25)12-10-18)28(17-20-7-5-16-32-20)24(30)21-8-3-4-13-26-21/h3-5,7-13,16,22H,2,6,14-15,17H2,1H3,(H,27,29)/t22-/m0/s1. The van der Waals surface area contributed by atoms with Crippen molar-refractivity contribution in [2.24, 2.45) is 0 Å². The number of halogens is 1. The van der Waals surface area contributed by atoms with Gasteiger partial charge in [-0.05, 0) is 54.6 Å². The van der Waals surface area contributed by atoms with E-state index in [9.17, 15) is 9.59 Å². The van der Waals surface area contributed by atoms with Crippen LogP contribution in [-0.4, -0.2) is 41.5 Å². The number of rotatable bonds is 11. The summed E-state index contributed by atoms with van der Waals surface area (Å²) in [7, 11) is 0. The lowest BCUT2D eigenvalue weighted by atomic mass is 10.0. The van der Waals surface area contributed by atoms with Gasteiger partial charge in [-0.25, -0.2) is 0 Å². The Labute approximate surface area is 197 Å². The summed E-state index contributed by atoms with van der Waals surface area (Å²) in [6.07, 6.45) is 2.26. The Morgan fingerprint density at radius 3 is 2.62 bits per heavy atom. The third-order valence-electron chi connectivity index (χ3n) is 4.77. The molecule has 0 aliphatic rings. The molecular formula is C24H26ClN3O3S. The van der Waals surface area contributed by atoms with Crippen LogP contribution in [0.5, 0.6) is 0 Å². The van der Waals surface area contributed by atoms with Gasteiger partial charge in [0.05, 0.1) is 6.54 Å². The minimum Gasteiger partial charge on any atom is -0.382 e. The Morgan fingerprint density at radius 1 is 1.16 bits per heavy atom. The van der Waals surface area contributed by atoms with Gasteiger partial charge >= 0.3 is 0 Å². The van der Waals surface area contributed by atoms with Gasteiger partial charge in [0.15, 0.2) is 0 Å². The van der Waals surface area contributed by atoms with Crippen LogP contribution < -0.4 is 5.32 Å². The number of hydrogen-bond donors (Lipinski definition) is 1. The van der Waals surface area contributed by atoms with Crippen LogP contribution in [0.15, 0.2) is 66.2 Å². The fourth-order valence-electron chi connectivity index (χ4n) is 3.23. The fourth-order valence-corrected chi connectivity index (χ4v) is 4.06. The van der Waals surface area contributed by atoms with Gasteiger partial charge in [-0.1, -0.05) is 35.9 Å². The summed E-state index contributed by atoms with van der Waals surface area (Å²) >= 11 is 7.61. The molecule has 3 aromatic rings. The van der Waals surface area contributed by atoms with Crippen molar-refractivity contribution < 1.29 is 14.3 Å². The van der Waals surface area contributed by atoms with Crippen LogP contribution in [-0.2, 0) is 16.1 Å². The molecule has 0 aliphatic carbocycles. The van der Waals surface area contributed by atoms with Crippen LogP contribution >= 0.6 is 22.9 Å². The summed E-state index contributed by atoms with van der Waals surface area (Å²) in [6.45, 7) is 3.86. The van der Waals surface area contributed by atoms with Crippen molar-refractivity contribution in [3.63, 3.8) is 0 Å². The molecule has 0 fully saturated rings. The highest BCUT2D eigenvalue weighted by atomic mass is 35.5. The van der Waals surface area contributed by atoms with Crippen LogP contribution in [0.4, 0.5) is 0 Å². The number of nitrogens with zero attached hydrogens (tertiary/aromatic N) is 2. The Balaban J connectivity index is 1.93. The van der Waals surface area contributed by atoms with E-state index < -0.39 is 6.04 Å². The summed E-state index contributed by atoms with van der Waals surface area (Å²) in [4.78, 5) is 33.6. The maximum atomic E-state index is 13.5. The van der Waals surface area contributed by atoms with Gasteiger partial charge < -0.3 is 15.0 Å². The smallest absolute Gasteiger partial charge is 0.273 e. The predicted octanol–water partition coefficient (Wildman–Crippen LogP) is 4.72. The molecule has 8 heteroatoms. The molecule has 0 unspecified atom stereocenters. The summed E-state index contributed by atoms with van der Waals surface area (Å²) in [5.41, 5.74) is 0.963. The number of thiophene rings is 1. The SMILES string of the molecule is CCOCCCNC(=O)[C@H](c1ccc(Cl)cc1)N(Cc1cccs1)C(=O)c1ccccn1. The van der Waals surface area contributed by atoms with Crippen LogP contribution in [0.25, 0.3) is 0 Å². The number of carbonyl (C=O) groups excluding carboxylic acids is 2. The zero-order chi connectivity index (χ0) is 22.8. The monoisotopic (exact) mass is 471 g/mol.